The molecule has 0 amide bonds. The molecular formula is C16H36O3. The number of hydrogen-bond donors (Lipinski definition) is 3. The topological polar surface area (TPSA) is 60.7 Å². The summed E-state index contributed by atoms with van der Waals surface area (Å²) >= 11 is 0. The molecule has 0 unspecified atom stereocenters. The van der Waals surface area contributed by atoms with Gasteiger partial charge in [0.05, 0.1) is 13.2 Å². The lowest BCUT2D eigenvalue weighted by Crippen LogP contribution is -2.15. The second kappa shape index (κ2) is 20.2. The molecule has 0 bridgehead atoms. The van der Waals surface area contributed by atoms with Crippen LogP contribution in [-0.2, 0) is 0 Å². The zero-order valence-corrected chi connectivity index (χ0v) is 13.1. The molecule has 118 valence electrons. The van der Waals surface area contributed by atoms with Crippen LogP contribution in [0.3, 0.4) is 0 Å². The maximum Gasteiger partial charge on any atom is 0.100 e. The Morgan fingerprint density at radius 1 is 0.579 bits per heavy atom. The van der Waals surface area contributed by atoms with Crippen LogP contribution >= 0.6 is 0 Å². The maximum absolute atomic E-state index is 8.17. The van der Waals surface area contributed by atoms with Gasteiger partial charge in [-0.1, -0.05) is 84.5 Å². The fourth-order valence-electron chi connectivity index (χ4n) is 1.80. The molecule has 3 heteroatoms. The van der Waals surface area contributed by atoms with Gasteiger partial charge in [-0.3, -0.25) is 0 Å². The Hall–Kier alpha value is -0.120. The Morgan fingerprint density at radius 3 is 1.00 bits per heavy atom. The normalized spacial score (nSPS) is 10.4. The van der Waals surface area contributed by atoms with Gasteiger partial charge in [0.1, 0.15) is 6.10 Å². The van der Waals surface area contributed by atoms with E-state index in [1.807, 2.05) is 0 Å². The molecule has 0 fully saturated rings. The molecule has 0 aliphatic rings. The van der Waals surface area contributed by atoms with Crippen LogP contribution in [0.15, 0.2) is 0 Å². The predicted octanol–water partition coefficient (Wildman–Crippen LogP) is 3.65. The summed E-state index contributed by atoms with van der Waals surface area (Å²) in [5, 5.41) is 24.0. The van der Waals surface area contributed by atoms with E-state index in [4.69, 9.17) is 15.3 Å². The highest BCUT2D eigenvalue weighted by molar-refractivity contribution is 4.46. The lowest BCUT2D eigenvalue weighted by molar-refractivity contribution is 0.0450. The van der Waals surface area contributed by atoms with E-state index in [2.05, 4.69) is 13.8 Å². The molecule has 19 heavy (non-hydrogen) atoms. The molecule has 0 aromatic rings. The average molecular weight is 276 g/mol. The van der Waals surface area contributed by atoms with Crippen molar-refractivity contribution in [3.8, 4) is 0 Å². The second-order valence-electron chi connectivity index (χ2n) is 5.20. The van der Waals surface area contributed by atoms with Crippen molar-refractivity contribution in [3.05, 3.63) is 0 Å². The van der Waals surface area contributed by atoms with Crippen molar-refractivity contribution in [1.82, 2.24) is 0 Å². The van der Waals surface area contributed by atoms with Crippen LogP contribution in [0.2, 0.25) is 0 Å². The zero-order valence-electron chi connectivity index (χ0n) is 13.1. The van der Waals surface area contributed by atoms with Gasteiger partial charge in [-0.2, -0.15) is 0 Å². The average Bonchev–Trinajstić information content (AvgIpc) is 2.45. The van der Waals surface area contributed by atoms with Crippen molar-refractivity contribution < 1.29 is 15.3 Å². The zero-order chi connectivity index (χ0) is 14.8. The minimum absolute atomic E-state index is 0.365. The molecule has 0 radical (unpaired) electrons. The first-order valence-corrected chi connectivity index (χ1v) is 8.12. The van der Waals surface area contributed by atoms with Gasteiger partial charge in [-0.15, -0.1) is 0 Å². The molecule has 0 aromatic carbocycles. The minimum Gasteiger partial charge on any atom is -0.394 e. The van der Waals surface area contributed by atoms with Gasteiger partial charge in [-0.25, -0.2) is 0 Å². The highest BCUT2D eigenvalue weighted by Crippen LogP contribution is 2.10. The molecule has 0 aliphatic heterocycles. The first-order valence-electron chi connectivity index (χ1n) is 8.12. The molecule has 0 aliphatic carbocycles. The van der Waals surface area contributed by atoms with E-state index >= 15 is 0 Å². The quantitative estimate of drug-likeness (QED) is 0.477. The van der Waals surface area contributed by atoms with Crippen LogP contribution in [0.4, 0.5) is 0 Å². The summed E-state index contributed by atoms with van der Waals surface area (Å²) in [5.74, 6) is 0. The Labute approximate surface area is 120 Å². The van der Waals surface area contributed by atoms with E-state index in [-0.39, 0.29) is 13.2 Å². The smallest absolute Gasteiger partial charge is 0.100 e. The van der Waals surface area contributed by atoms with Gasteiger partial charge in [0, 0.05) is 0 Å². The maximum atomic E-state index is 8.17. The SMILES string of the molecule is CCCCCCCCCCCCC.OCC(O)CO. The van der Waals surface area contributed by atoms with E-state index in [0.717, 1.165) is 0 Å². The largest absolute Gasteiger partial charge is 0.394 e. The third-order valence-electron chi connectivity index (χ3n) is 3.13. The van der Waals surface area contributed by atoms with Gasteiger partial charge in [0.2, 0.25) is 0 Å². The van der Waals surface area contributed by atoms with Crippen LogP contribution in [0.1, 0.15) is 84.5 Å². The Bertz CT molecular complexity index is 126. The van der Waals surface area contributed by atoms with Gasteiger partial charge < -0.3 is 15.3 Å². The number of hydrogen-bond acceptors (Lipinski definition) is 3. The molecule has 0 spiro atoms. The summed E-state index contributed by atoms with van der Waals surface area (Å²) in [6.45, 7) is 3.84. The lowest BCUT2D eigenvalue weighted by Gasteiger charge is -2.00. The number of unbranched alkanes of at least 4 members (excludes halogenated alkanes) is 10. The van der Waals surface area contributed by atoms with Gasteiger partial charge in [-0.05, 0) is 0 Å². The highest BCUT2D eigenvalue weighted by atomic mass is 16.3. The fourth-order valence-corrected chi connectivity index (χ4v) is 1.80. The number of aliphatic hydroxyl groups is 3. The third-order valence-corrected chi connectivity index (χ3v) is 3.13. The summed E-state index contributed by atoms with van der Waals surface area (Å²) in [6.07, 6.45) is 15.0. The second-order valence-corrected chi connectivity index (χ2v) is 5.20. The van der Waals surface area contributed by atoms with E-state index in [9.17, 15) is 0 Å². The monoisotopic (exact) mass is 276 g/mol. The first-order chi connectivity index (χ1) is 9.22. The van der Waals surface area contributed by atoms with Crippen molar-refractivity contribution in [2.75, 3.05) is 13.2 Å². The minimum atomic E-state index is -0.954. The summed E-state index contributed by atoms with van der Waals surface area (Å²) in [4.78, 5) is 0. The molecule has 0 atom stereocenters. The van der Waals surface area contributed by atoms with Crippen LogP contribution in [-0.4, -0.2) is 34.6 Å². The first kappa shape index (κ1) is 21.2. The summed E-state index contributed by atoms with van der Waals surface area (Å²) in [5.41, 5.74) is 0. The van der Waals surface area contributed by atoms with Gasteiger partial charge in [0.15, 0.2) is 0 Å². The van der Waals surface area contributed by atoms with E-state index < -0.39 is 6.10 Å². The van der Waals surface area contributed by atoms with Crippen LogP contribution < -0.4 is 0 Å². The number of aliphatic hydroxyl groups excluding tert-OH is 3. The molecule has 0 saturated carbocycles. The van der Waals surface area contributed by atoms with Crippen molar-refractivity contribution in [3.63, 3.8) is 0 Å². The Balaban J connectivity index is 0. The highest BCUT2D eigenvalue weighted by Gasteiger charge is 1.93. The molecular weight excluding hydrogens is 240 g/mol. The van der Waals surface area contributed by atoms with E-state index in [0.29, 0.717) is 0 Å². The fraction of sp³-hybridized carbons (Fsp3) is 1.00. The van der Waals surface area contributed by atoms with Crippen molar-refractivity contribution in [1.29, 1.82) is 0 Å². The third kappa shape index (κ3) is 23.4. The van der Waals surface area contributed by atoms with Crippen LogP contribution in [0.5, 0.6) is 0 Å². The molecule has 0 saturated heterocycles. The van der Waals surface area contributed by atoms with Gasteiger partial charge in [0.25, 0.3) is 0 Å². The summed E-state index contributed by atoms with van der Waals surface area (Å²) < 4.78 is 0. The molecule has 3 N–H and O–H groups in total. The standard InChI is InChI=1S/C13H28.C3H8O3/c1-3-5-7-9-11-13-12-10-8-6-4-2;4-1-3(6)2-5/h3-13H2,1-2H3;3-6H,1-2H2. The lowest BCUT2D eigenvalue weighted by atomic mass is 10.1. The summed E-state index contributed by atoms with van der Waals surface area (Å²) in [7, 11) is 0. The van der Waals surface area contributed by atoms with Crippen molar-refractivity contribution >= 4 is 0 Å². The van der Waals surface area contributed by atoms with Crippen LogP contribution in [0.25, 0.3) is 0 Å². The Morgan fingerprint density at radius 2 is 0.842 bits per heavy atom. The molecule has 0 aromatic heterocycles. The Kier molecular flexibility index (Phi) is 22.5. The van der Waals surface area contributed by atoms with E-state index in [1.165, 1.54) is 70.6 Å². The van der Waals surface area contributed by atoms with Crippen molar-refractivity contribution in [2.45, 2.75) is 90.6 Å². The van der Waals surface area contributed by atoms with E-state index in [1.54, 1.807) is 0 Å². The van der Waals surface area contributed by atoms with Crippen molar-refractivity contribution in [2.24, 2.45) is 0 Å². The predicted molar refractivity (Wildman–Crippen MR) is 82.3 cm³/mol. The van der Waals surface area contributed by atoms with Crippen LogP contribution in [0, 0.1) is 0 Å². The summed E-state index contributed by atoms with van der Waals surface area (Å²) in [6, 6.07) is 0. The van der Waals surface area contributed by atoms with Gasteiger partial charge >= 0.3 is 0 Å². The molecule has 0 heterocycles. The number of rotatable bonds is 12. The molecule has 3 nitrogen and oxygen atoms in total. The molecule has 0 rings (SSSR count).